The van der Waals surface area contributed by atoms with Crippen LogP contribution in [0.2, 0.25) is 0 Å². The lowest BCUT2D eigenvalue weighted by molar-refractivity contribution is -0.146. The minimum Gasteiger partial charge on any atom is -0.460 e. The highest BCUT2D eigenvalue weighted by molar-refractivity contribution is 6.02. The molecule has 2 aromatic carbocycles. The van der Waals surface area contributed by atoms with Crippen molar-refractivity contribution >= 4 is 17.6 Å². The Kier molecular flexibility index (Phi) is 5.31. The lowest BCUT2D eigenvalue weighted by atomic mass is 10.1. The minimum absolute atomic E-state index is 0.177. The number of hydrogen-bond acceptors (Lipinski definition) is 3. The van der Waals surface area contributed by atoms with Crippen LogP contribution >= 0.6 is 0 Å². The number of para-hydroxylation sites is 1. The average Bonchev–Trinajstić information content (AvgIpc) is 2.50. The van der Waals surface area contributed by atoms with Crippen molar-refractivity contribution in [1.82, 2.24) is 0 Å². The summed E-state index contributed by atoms with van der Waals surface area (Å²) < 4.78 is 5.10. The van der Waals surface area contributed by atoms with E-state index in [1.165, 1.54) is 0 Å². The summed E-state index contributed by atoms with van der Waals surface area (Å²) in [5.74, 6) is -0.900. The van der Waals surface area contributed by atoms with Crippen LogP contribution in [0.5, 0.6) is 0 Å². The first-order valence-electron chi connectivity index (χ1n) is 7.12. The van der Waals surface area contributed by atoms with Crippen LogP contribution in [0.15, 0.2) is 48.5 Å². The van der Waals surface area contributed by atoms with E-state index in [0.717, 1.165) is 22.4 Å². The van der Waals surface area contributed by atoms with E-state index in [-0.39, 0.29) is 18.9 Å². The molecule has 2 aromatic rings. The van der Waals surface area contributed by atoms with Crippen LogP contribution in [0.4, 0.5) is 5.69 Å². The molecule has 22 heavy (non-hydrogen) atoms. The maximum Gasteiger partial charge on any atom is 0.315 e. The summed E-state index contributed by atoms with van der Waals surface area (Å²) in [6.45, 7) is 4.00. The fourth-order valence-electron chi connectivity index (χ4n) is 2.12. The molecule has 2 rings (SSSR count). The van der Waals surface area contributed by atoms with Crippen molar-refractivity contribution in [2.75, 3.05) is 5.32 Å². The van der Waals surface area contributed by atoms with Gasteiger partial charge in [0.25, 0.3) is 0 Å². The number of esters is 1. The molecule has 0 fully saturated rings. The molecule has 0 aliphatic carbocycles. The topological polar surface area (TPSA) is 55.4 Å². The predicted molar refractivity (Wildman–Crippen MR) is 85.4 cm³/mol. The molecular formula is C18H19NO3. The highest BCUT2D eigenvalue weighted by Gasteiger charge is 2.13. The first kappa shape index (κ1) is 15.8. The first-order chi connectivity index (χ1) is 10.6. The summed E-state index contributed by atoms with van der Waals surface area (Å²) in [6, 6.07) is 15.1. The number of anilines is 1. The number of carbonyl (C=O) groups is 2. The van der Waals surface area contributed by atoms with Gasteiger partial charge in [0, 0.05) is 5.69 Å². The second kappa shape index (κ2) is 7.41. The van der Waals surface area contributed by atoms with Crippen LogP contribution in [0, 0.1) is 13.8 Å². The lowest BCUT2D eigenvalue weighted by Crippen LogP contribution is -2.19. The second-order valence-electron chi connectivity index (χ2n) is 5.14. The summed E-state index contributed by atoms with van der Waals surface area (Å²) in [4.78, 5) is 23.6. The molecule has 0 saturated heterocycles. The van der Waals surface area contributed by atoms with Crippen LogP contribution in [0.3, 0.4) is 0 Å². The number of aryl methyl sites for hydroxylation is 2. The zero-order valence-electron chi connectivity index (χ0n) is 12.8. The number of nitrogens with one attached hydrogen (secondary N) is 1. The van der Waals surface area contributed by atoms with E-state index in [4.69, 9.17) is 4.74 Å². The first-order valence-corrected chi connectivity index (χ1v) is 7.12. The summed E-state index contributed by atoms with van der Waals surface area (Å²) in [7, 11) is 0. The third-order valence-corrected chi connectivity index (χ3v) is 3.29. The van der Waals surface area contributed by atoms with E-state index in [9.17, 15) is 9.59 Å². The van der Waals surface area contributed by atoms with Crippen LogP contribution < -0.4 is 5.32 Å². The van der Waals surface area contributed by atoms with Gasteiger partial charge in [0.05, 0.1) is 0 Å². The Morgan fingerprint density at radius 3 is 2.23 bits per heavy atom. The van der Waals surface area contributed by atoms with Gasteiger partial charge in [0.2, 0.25) is 5.91 Å². The molecule has 0 saturated carbocycles. The molecule has 0 radical (unpaired) electrons. The Balaban J connectivity index is 1.85. The Morgan fingerprint density at radius 2 is 1.59 bits per heavy atom. The largest absolute Gasteiger partial charge is 0.460 e. The highest BCUT2D eigenvalue weighted by atomic mass is 16.5. The summed E-state index contributed by atoms with van der Waals surface area (Å²) >= 11 is 0. The molecule has 0 aromatic heterocycles. The minimum atomic E-state index is -0.535. The van der Waals surface area contributed by atoms with Crippen molar-refractivity contribution in [3.8, 4) is 0 Å². The zero-order valence-corrected chi connectivity index (χ0v) is 12.8. The van der Waals surface area contributed by atoms with E-state index < -0.39 is 5.97 Å². The van der Waals surface area contributed by atoms with Crippen LogP contribution in [0.1, 0.15) is 23.1 Å². The predicted octanol–water partition coefficient (Wildman–Crippen LogP) is 3.38. The van der Waals surface area contributed by atoms with Crippen molar-refractivity contribution in [1.29, 1.82) is 0 Å². The van der Waals surface area contributed by atoms with Gasteiger partial charge in [-0.3, -0.25) is 9.59 Å². The lowest BCUT2D eigenvalue weighted by Gasteiger charge is -2.11. The van der Waals surface area contributed by atoms with Gasteiger partial charge in [0.15, 0.2) is 0 Å². The number of carbonyl (C=O) groups excluding carboxylic acids is 2. The molecule has 0 heterocycles. The maximum atomic E-state index is 11.9. The second-order valence-corrected chi connectivity index (χ2v) is 5.14. The van der Waals surface area contributed by atoms with Crippen LogP contribution in [0.25, 0.3) is 0 Å². The van der Waals surface area contributed by atoms with Crippen LogP contribution in [-0.4, -0.2) is 11.9 Å². The fourth-order valence-corrected chi connectivity index (χ4v) is 2.12. The standard InChI is InChI=1S/C18H19NO3/c1-13-7-6-8-14(2)18(13)19-16(20)11-17(21)22-12-15-9-4-3-5-10-15/h3-10H,11-12H2,1-2H3,(H,19,20). The van der Waals surface area contributed by atoms with Gasteiger partial charge in [-0.25, -0.2) is 0 Å². The summed E-state index contributed by atoms with van der Waals surface area (Å²) in [5, 5.41) is 2.77. The van der Waals surface area contributed by atoms with Gasteiger partial charge < -0.3 is 10.1 Å². The Morgan fingerprint density at radius 1 is 0.955 bits per heavy atom. The molecule has 1 amide bonds. The quantitative estimate of drug-likeness (QED) is 0.680. The van der Waals surface area contributed by atoms with E-state index in [1.54, 1.807) is 0 Å². The smallest absolute Gasteiger partial charge is 0.315 e. The monoisotopic (exact) mass is 297 g/mol. The molecule has 114 valence electrons. The molecule has 0 bridgehead atoms. The number of amides is 1. The number of hydrogen-bond donors (Lipinski definition) is 1. The molecular weight excluding hydrogens is 278 g/mol. The molecule has 0 spiro atoms. The van der Waals surface area contributed by atoms with Gasteiger partial charge in [-0.1, -0.05) is 48.5 Å². The third-order valence-electron chi connectivity index (χ3n) is 3.29. The maximum absolute atomic E-state index is 11.9. The van der Waals surface area contributed by atoms with Crippen molar-refractivity contribution < 1.29 is 14.3 Å². The normalized spacial score (nSPS) is 10.1. The Labute approximate surface area is 130 Å². The third kappa shape index (κ3) is 4.45. The number of ether oxygens (including phenoxy) is 1. The number of rotatable bonds is 5. The van der Waals surface area contributed by atoms with Gasteiger partial charge in [-0.2, -0.15) is 0 Å². The SMILES string of the molecule is Cc1cccc(C)c1NC(=O)CC(=O)OCc1ccccc1. The molecule has 1 N–H and O–H groups in total. The molecule has 4 nitrogen and oxygen atoms in total. The fraction of sp³-hybridized carbons (Fsp3) is 0.222. The summed E-state index contributed by atoms with van der Waals surface area (Å²) in [5.41, 5.74) is 3.58. The van der Waals surface area contributed by atoms with Gasteiger partial charge in [-0.15, -0.1) is 0 Å². The van der Waals surface area contributed by atoms with Crippen LogP contribution in [-0.2, 0) is 20.9 Å². The average molecular weight is 297 g/mol. The molecule has 0 atom stereocenters. The van der Waals surface area contributed by atoms with E-state index in [1.807, 2.05) is 62.4 Å². The van der Waals surface area contributed by atoms with Crippen molar-refractivity contribution in [3.05, 3.63) is 65.2 Å². The molecule has 4 heteroatoms. The van der Waals surface area contributed by atoms with Gasteiger partial charge in [0.1, 0.15) is 13.0 Å². The van der Waals surface area contributed by atoms with E-state index in [0.29, 0.717) is 0 Å². The Hall–Kier alpha value is -2.62. The van der Waals surface area contributed by atoms with Crippen molar-refractivity contribution in [3.63, 3.8) is 0 Å². The Bertz CT molecular complexity index is 645. The van der Waals surface area contributed by atoms with Gasteiger partial charge >= 0.3 is 5.97 Å². The van der Waals surface area contributed by atoms with Crippen molar-refractivity contribution in [2.24, 2.45) is 0 Å². The molecule has 0 unspecified atom stereocenters. The highest BCUT2D eigenvalue weighted by Crippen LogP contribution is 2.19. The zero-order chi connectivity index (χ0) is 15.9. The summed E-state index contributed by atoms with van der Waals surface area (Å²) in [6.07, 6.45) is -0.291. The van der Waals surface area contributed by atoms with Crippen molar-refractivity contribution in [2.45, 2.75) is 26.9 Å². The van der Waals surface area contributed by atoms with E-state index in [2.05, 4.69) is 5.32 Å². The number of benzene rings is 2. The molecule has 0 aliphatic heterocycles. The van der Waals surface area contributed by atoms with E-state index >= 15 is 0 Å². The van der Waals surface area contributed by atoms with Gasteiger partial charge in [-0.05, 0) is 30.5 Å². The molecule has 0 aliphatic rings.